The van der Waals surface area contributed by atoms with Gasteiger partial charge < -0.3 is 43.8 Å². The van der Waals surface area contributed by atoms with E-state index in [9.17, 15) is 30.2 Å². The predicted octanol–water partition coefficient (Wildman–Crippen LogP) is 7.04. The number of non-ortho nitro benzene ring substituents is 1. The van der Waals surface area contributed by atoms with Crippen molar-refractivity contribution in [1.82, 2.24) is 9.88 Å². The number of nitro groups is 1. The number of hydrogen-bond acceptors (Lipinski definition) is 14. The van der Waals surface area contributed by atoms with E-state index in [-0.39, 0.29) is 95.0 Å². The van der Waals surface area contributed by atoms with Crippen molar-refractivity contribution in [2.24, 2.45) is 22.9 Å². The van der Waals surface area contributed by atoms with Gasteiger partial charge in [0, 0.05) is 55.5 Å². The Balaban J connectivity index is 1.54. The minimum atomic E-state index is -1.58. The van der Waals surface area contributed by atoms with Crippen molar-refractivity contribution in [2.75, 3.05) is 52.8 Å². The number of oxime groups is 1. The minimum absolute atomic E-state index is 0.0164. The number of aliphatic hydroxyl groups is 3. The molecule has 0 saturated heterocycles. The average Bonchev–Trinajstić information content (AvgIpc) is 3.28. The largest absolute Gasteiger partial charge is 0.487 e. The molecule has 1 amide bonds. The molecular formula is C47H60N4O12. The van der Waals surface area contributed by atoms with E-state index in [0.29, 0.717) is 30.1 Å². The van der Waals surface area contributed by atoms with E-state index in [2.05, 4.69) is 17.6 Å². The molecule has 16 heteroatoms. The number of rotatable bonds is 24. The first-order valence-electron chi connectivity index (χ1n) is 21.8. The number of amides is 1. The Kier molecular flexibility index (Phi) is 17.1. The maximum absolute atomic E-state index is 14.7. The van der Waals surface area contributed by atoms with E-state index >= 15 is 0 Å². The lowest BCUT2D eigenvalue weighted by Gasteiger charge is -2.59. The molecule has 2 aliphatic carbocycles. The SMILES string of the molecule is C=CCOC12Oc3ccc(OCc4cccc(C)n4)cc3C3C(CCCCO)C(CCCCO)C=C(C(=NOCC)CC1N(CCOCCO)C(=O)Oc1ccc([N+](=O)[O-])cc1)C32. The van der Waals surface area contributed by atoms with Gasteiger partial charge in [-0.3, -0.25) is 20.0 Å². The van der Waals surface area contributed by atoms with Gasteiger partial charge in [0.1, 0.15) is 36.5 Å². The summed E-state index contributed by atoms with van der Waals surface area (Å²) in [7, 11) is 0. The lowest BCUT2D eigenvalue weighted by atomic mass is 9.55. The van der Waals surface area contributed by atoms with Crippen LogP contribution in [0.25, 0.3) is 0 Å². The quantitative estimate of drug-likeness (QED) is 0.0358. The highest BCUT2D eigenvalue weighted by molar-refractivity contribution is 6.03. The number of benzene rings is 2. The van der Waals surface area contributed by atoms with E-state index in [0.717, 1.165) is 48.2 Å². The zero-order valence-corrected chi connectivity index (χ0v) is 36.1. The Bertz CT molecular complexity index is 2060. The van der Waals surface area contributed by atoms with Gasteiger partial charge in [0.2, 0.25) is 5.79 Å². The minimum Gasteiger partial charge on any atom is -0.487 e. The number of allylic oxidation sites excluding steroid dienone is 1. The Morgan fingerprint density at radius 1 is 1.03 bits per heavy atom. The average molecular weight is 873 g/mol. The van der Waals surface area contributed by atoms with Crippen molar-refractivity contribution < 1.29 is 53.6 Å². The lowest BCUT2D eigenvalue weighted by molar-refractivity contribution is -0.384. The summed E-state index contributed by atoms with van der Waals surface area (Å²) in [5, 5.41) is 45.5. The molecule has 340 valence electrons. The van der Waals surface area contributed by atoms with E-state index in [4.69, 9.17) is 33.7 Å². The molecule has 0 radical (unpaired) electrons. The summed E-state index contributed by atoms with van der Waals surface area (Å²) in [6.07, 6.45) is 7.51. The van der Waals surface area contributed by atoms with Crippen LogP contribution < -0.4 is 14.2 Å². The predicted molar refractivity (Wildman–Crippen MR) is 234 cm³/mol. The first-order chi connectivity index (χ1) is 30.7. The van der Waals surface area contributed by atoms with Crippen molar-refractivity contribution in [2.45, 2.75) is 83.1 Å². The van der Waals surface area contributed by atoms with Crippen LogP contribution in [0.1, 0.15) is 74.7 Å². The van der Waals surface area contributed by atoms with Gasteiger partial charge in [-0.1, -0.05) is 36.2 Å². The van der Waals surface area contributed by atoms with Gasteiger partial charge in [0.25, 0.3) is 5.69 Å². The van der Waals surface area contributed by atoms with Crippen LogP contribution in [0.4, 0.5) is 10.5 Å². The molecule has 1 aliphatic heterocycles. The van der Waals surface area contributed by atoms with Crippen LogP contribution >= 0.6 is 0 Å². The Morgan fingerprint density at radius 2 is 1.79 bits per heavy atom. The molecule has 6 unspecified atom stereocenters. The standard InChI is InChI=1S/C47H60N4O12/c1-4-25-60-47-43(50(21-26-58-27-24-54)46(55)62-36-17-15-35(16-18-36)51(56)57)30-41(49-61-5-2)39-28-33(12-6-8-22-52)38(14-7-9-23-53)44(45(39)47)40-29-37(19-20-42(40)63-47)59-31-34-13-10-11-32(3)48-34/h4,10-11,13,15-20,28-29,33,38,43-45,52-54H,1,5-9,12,14,21-27,30-31H2,2-3H3. The fourth-order valence-corrected chi connectivity index (χ4v) is 9.22. The number of hydrogen-bond donors (Lipinski definition) is 3. The maximum Gasteiger partial charge on any atom is 0.415 e. The van der Waals surface area contributed by atoms with E-state index in [1.165, 1.54) is 29.2 Å². The summed E-state index contributed by atoms with van der Waals surface area (Å²) in [6, 6.07) is 15.8. The van der Waals surface area contributed by atoms with Crippen LogP contribution in [-0.4, -0.2) is 107 Å². The number of aliphatic hydroxyl groups excluding tert-OH is 3. The maximum atomic E-state index is 14.7. The van der Waals surface area contributed by atoms with E-state index < -0.39 is 28.8 Å². The van der Waals surface area contributed by atoms with Crippen LogP contribution in [0.5, 0.6) is 17.2 Å². The van der Waals surface area contributed by atoms with E-state index in [1.54, 1.807) is 6.08 Å². The lowest BCUT2D eigenvalue weighted by Crippen LogP contribution is -2.70. The molecule has 63 heavy (non-hydrogen) atoms. The molecule has 16 nitrogen and oxygen atoms in total. The van der Waals surface area contributed by atoms with Crippen LogP contribution in [0.15, 0.2) is 90.1 Å². The monoisotopic (exact) mass is 872 g/mol. The Labute approximate surface area is 368 Å². The van der Waals surface area contributed by atoms with Gasteiger partial charge in [-0.25, -0.2) is 4.79 Å². The molecule has 3 aliphatic rings. The third-order valence-corrected chi connectivity index (χ3v) is 11.9. The number of unbranched alkanes of at least 4 members (excludes halogenated alkanes) is 2. The highest BCUT2D eigenvalue weighted by Crippen LogP contribution is 2.62. The number of aromatic nitrogens is 1. The number of ether oxygens (including phenoxy) is 5. The number of nitrogens with zero attached hydrogens (tertiary/aromatic N) is 4. The zero-order valence-electron chi connectivity index (χ0n) is 36.1. The van der Waals surface area contributed by atoms with Crippen LogP contribution in [0, 0.1) is 34.8 Å². The van der Waals surface area contributed by atoms with Crippen molar-refractivity contribution in [3.63, 3.8) is 0 Å². The van der Waals surface area contributed by atoms with Gasteiger partial charge in [-0.15, -0.1) is 6.58 Å². The molecule has 1 aromatic heterocycles. The number of fused-ring (bicyclic) bond motifs is 2. The van der Waals surface area contributed by atoms with Crippen molar-refractivity contribution in [1.29, 1.82) is 0 Å². The zero-order chi connectivity index (χ0) is 44.8. The van der Waals surface area contributed by atoms with Gasteiger partial charge in [0.15, 0.2) is 0 Å². The fraction of sp³-hybridized carbons (Fsp3) is 0.511. The van der Waals surface area contributed by atoms with Crippen molar-refractivity contribution >= 4 is 17.5 Å². The molecule has 6 rings (SSSR count). The summed E-state index contributed by atoms with van der Waals surface area (Å²) < 4.78 is 32.3. The molecule has 6 atom stereocenters. The van der Waals surface area contributed by atoms with Gasteiger partial charge in [0.05, 0.1) is 48.7 Å². The molecule has 1 fully saturated rings. The number of carbonyl (C=O) groups is 1. The molecule has 0 bridgehead atoms. The molecular weight excluding hydrogens is 813 g/mol. The van der Waals surface area contributed by atoms with Crippen molar-refractivity contribution in [3.05, 3.63) is 112 Å². The Hall–Kier alpha value is -5.39. The number of pyridine rings is 1. The van der Waals surface area contributed by atoms with Crippen LogP contribution in [-0.2, 0) is 20.9 Å². The van der Waals surface area contributed by atoms with Gasteiger partial charge in [-0.2, -0.15) is 0 Å². The Morgan fingerprint density at radius 3 is 2.49 bits per heavy atom. The number of nitro benzene ring substituents is 1. The fourth-order valence-electron chi connectivity index (χ4n) is 9.22. The van der Waals surface area contributed by atoms with Gasteiger partial charge in [-0.05, 0) is 99.4 Å². The second-order valence-corrected chi connectivity index (χ2v) is 15.9. The first-order valence-corrected chi connectivity index (χ1v) is 21.8. The molecule has 2 heterocycles. The smallest absolute Gasteiger partial charge is 0.415 e. The highest BCUT2D eigenvalue weighted by atomic mass is 16.7. The molecule has 0 spiro atoms. The van der Waals surface area contributed by atoms with Crippen LogP contribution in [0.2, 0.25) is 0 Å². The topological polar surface area (TPSA) is 205 Å². The third kappa shape index (κ3) is 11.2. The van der Waals surface area contributed by atoms with Crippen molar-refractivity contribution in [3.8, 4) is 17.2 Å². The first kappa shape index (κ1) is 47.1. The summed E-state index contributed by atoms with van der Waals surface area (Å²) >= 11 is 0. The summed E-state index contributed by atoms with van der Waals surface area (Å²) in [4.78, 5) is 37.5. The summed E-state index contributed by atoms with van der Waals surface area (Å²) in [6.45, 7) is 8.26. The normalized spacial score (nSPS) is 22.8. The molecule has 1 saturated carbocycles. The molecule has 2 aromatic carbocycles. The number of aryl methyl sites for hydroxylation is 1. The third-order valence-electron chi connectivity index (χ3n) is 11.9. The molecule has 3 N–H and O–H groups in total. The van der Waals surface area contributed by atoms with Crippen LogP contribution in [0.3, 0.4) is 0 Å². The highest BCUT2D eigenvalue weighted by Gasteiger charge is 2.65. The molecule has 3 aromatic rings. The summed E-state index contributed by atoms with van der Waals surface area (Å²) in [5.41, 5.74) is 3.86. The van der Waals surface area contributed by atoms with E-state index in [1.807, 2.05) is 50.2 Å². The second-order valence-electron chi connectivity index (χ2n) is 15.9. The summed E-state index contributed by atoms with van der Waals surface area (Å²) in [5.74, 6) is -1.22. The van der Waals surface area contributed by atoms with Gasteiger partial charge >= 0.3 is 6.09 Å². The second kappa shape index (κ2) is 22.8. The number of carbonyl (C=O) groups excluding carboxylic acids is 1.